The molecule has 0 atom stereocenters. The van der Waals surface area contributed by atoms with E-state index in [1.165, 1.54) is 0 Å². The van der Waals surface area contributed by atoms with Gasteiger partial charge in [0.1, 0.15) is 9.75 Å². The zero-order valence-electron chi connectivity index (χ0n) is 8.35. The molecule has 9 heteroatoms. The van der Waals surface area contributed by atoms with Crippen molar-refractivity contribution in [2.45, 2.75) is 0 Å². The molecule has 0 radical (unpaired) electrons. The van der Waals surface area contributed by atoms with Crippen molar-refractivity contribution >= 4 is 35.0 Å². The van der Waals surface area contributed by atoms with Gasteiger partial charge in [-0.2, -0.15) is 0 Å². The van der Waals surface area contributed by atoms with Crippen LogP contribution in [0.2, 0.25) is 0 Å². The Morgan fingerprint density at radius 1 is 0.647 bits per heavy atom. The summed E-state index contributed by atoms with van der Waals surface area (Å²) in [7, 11) is 0. The Morgan fingerprint density at radius 2 is 0.941 bits per heavy atom. The van der Waals surface area contributed by atoms with Gasteiger partial charge in [-0.05, 0) is 0 Å². The maximum absolute atomic E-state index is 11.1. The molecular weight excluding hydrogens is 248 g/mol. The topological polar surface area (TPSA) is 172 Å². The predicted octanol–water partition coefficient (Wildman–Crippen LogP) is -1.86. The Balaban J connectivity index is 3.73. The van der Waals surface area contributed by atoms with Gasteiger partial charge in [-0.3, -0.25) is 19.2 Å². The number of nitrogens with two attached hydrogens (primary N) is 4. The highest BCUT2D eigenvalue weighted by Gasteiger charge is 2.30. The monoisotopic (exact) mass is 256 g/mol. The molecule has 0 saturated heterocycles. The van der Waals surface area contributed by atoms with Gasteiger partial charge < -0.3 is 22.9 Å². The molecule has 17 heavy (non-hydrogen) atoms. The molecule has 1 heterocycles. The minimum absolute atomic E-state index is 0.319. The molecule has 0 saturated carbocycles. The Hall–Kier alpha value is -2.42. The zero-order chi connectivity index (χ0) is 13.3. The summed E-state index contributed by atoms with van der Waals surface area (Å²) in [6.07, 6.45) is 0. The first kappa shape index (κ1) is 12.6. The second kappa shape index (κ2) is 4.22. The van der Waals surface area contributed by atoms with Crippen molar-refractivity contribution in [1.29, 1.82) is 0 Å². The zero-order valence-corrected chi connectivity index (χ0v) is 9.17. The molecule has 4 amide bonds. The molecule has 0 aliphatic heterocycles. The third-order valence-corrected chi connectivity index (χ3v) is 3.07. The molecule has 8 nitrogen and oxygen atoms in total. The van der Waals surface area contributed by atoms with Crippen molar-refractivity contribution in [3.05, 3.63) is 20.9 Å². The van der Waals surface area contributed by atoms with E-state index in [1.807, 2.05) is 0 Å². The van der Waals surface area contributed by atoms with Crippen molar-refractivity contribution in [3.8, 4) is 0 Å². The predicted molar refractivity (Wildman–Crippen MR) is 58.4 cm³/mol. The van der Waals surface area contributed by atoms with Crippen LogP contribution in [-0.2, 0) is 0 Å². The van der Waals surface area contributed by atoms with Crippen LogP contribution in [-0.4, -0.2) is 23.6 Å². The highest BCUT2D eigenvalue weighted by molar-refractivity contribution is 7.16. The standard InChI is InChI=1S/C8H8N4O4S/c9-5(13)1-2(6(10)14)4(8(12)16)17-3(1)7(11)15/h(H2,9,13)(H2,10,14)(H2,11,15)(H2,12,16). The van der Waals surface area contributed by atoms with Crippen LogP contribution in [0, 0.1) is 0 Å². The first-order valence-electron chi connectivity index (χ1n) is 4.13. The normalized spacial score (nSPS) is 9.88. The molecule has 0 aliphatic carbocycles. The lowest BCUT2D eigenvalue weighted by Gasteiger charge is -1.99. The summed E-state index contributed by atoms with van der Waals surface area (Å²) in [6, 6.07) is 0. The van der Waals surface area contributed by atoms with Crippen LogP contribution in [0.1, 0.15) is 40.1 Å². The molecule has 0 unspecified atom stereocenters. The van der Waals surface area contributed by atoms with Gasteiger partial charge in [0, 0.05) is 0 Å². The van der Waals surface area contributed by atoms with E-state index in [-0.39, 0.29) is 9.75 Å². The van der Waals surface area contributed by atoms with E-state index in [1.54, 1.807) is 0 Å². The number of primary amides is 4. The maximum Gasteiger partial charge on any atom is 0.259 e. The maximum atomic E-state index is 11.1. The second-order valence-corrected chi connectivity index (χ2v) is 3.99. The molecule has 0 aromatic carbocycles. The summed E-state index contributed by atoms with van der Waals surface area (Å²) in [4.78, 5) is 43.8. The van der Waals surface area contributed by atoms with E-state index in [9.17, 15) is 19.2 Å². The Labute approximate surface area is 98.5 Å². The van der Waals surface area contributed by atoms with Crippen LogP contribution in [0.4, 0.5) is 0 Å². The van der Waals surface area contributed by atoms with E-state index < -0.39 is 34.8 Å². The van der Waals surface area contributed by atoms with E-state index >= 15 is 0 Å². The molecule has 0 spiro atoms. The fraction of sp³-hybridized carbons (Fsp3) is 0. The average molecular weight is 256 g/mol. The summed E-state index contributed by atoms with van der Waals surface area (Å²) in [5.41, 5.74) is 19.1. The molecular formula is C8H8N4O4S. The molecule has 0 bridgehead atoms. The van der Waals surface area contributed by atoms with E-state index in [2.05, 4.69) is 0 Å². The Kier molecular flexibility index (Phi) is 3.14. The van der Waals surface area contributed by atoms with Crippen LogP contribution in [0.5, 0.6) is 0 Å². The van der Waals surface area contributed by atoms with Crippen molar-refractivity contribution < 1.29 is 19.2 Å². The summed E-state index contributed by atoms with van der Waals surface area (Å²) < 4.78 is 0. The molecule has 8 N–H and O–H groups in total. The van der Waals surface area contributed by atoms with Gasteiger partial charge in [0.05, 0.1) is 11.1 Å². The lowest BCUT2D eigenvalue weighted by Crippen LogP contribution is -2.25. The Bertz CT molecular complexity index is 501. The van der Waals surface area contributed by atoms with Crippen molar-refractivity contribution in [1.82, 2.24) is 0 Å². The molecule has 0 aliphatic rings. The van der Waals surface area contributed by atoms with Gasteiger partial charge in [0.15, 0.2) is 0 Å². The Morgan fingerprint density at radius 3 is 1.12 bits per heavy atom. The second-order valence-electron chi connectivity index (χ2n) is 2.97. The van der Waals surface area contributed by atoms with E-state index in [0.29, 0.717) is 11.3 Å². The quantitative estimate of drug-likeness (QED) is 0.495. The number of rotatable bonds is 4. The smallest absolute Gasteiger partial charge is 0.259 e. The number of carbonyl (C=O) groups excluding carboxylic acids is 4. The van der Waals surface area contributed by atoms with Crippen LogP contribution in [0.25, 0.3) is 0 Å². The van der Waals surface area contributed by atoms with Crippen molar-refractivity contribution in [3.63, 3.8) is 0 Å². The summed E-state index contributed by atoms with van der Waals surface area (Å²) in [5, 5.41) is 0. The van der Waals surface area contributed by atoms with E-state index in [4.69, 9.17) is 22.9 Å². The van der Waals surface area contributed by atoms with Gasteiger partial charge in [0.2, 0.25) is 0 Å². The highest BCUT2D eigenvalue weighted by Crippen LogP contribution is 2.27. The number of amides is 4. The fourth-order valence-corrected chi connectivity index (χ4v) is 2.26. The SMILES string of the molecule is NC(=O)c1sc(C(N)=O)c(C(N)=O)c1C(N)=O. The van der Waals surface area contributed by atoms with Crippen LogP contribution >= 0.6 is 11.3 Å². The number of carbonyl (C=O) groups is 4. The van der Waals surface area contributed by atoms with Crippen molar-refractivity contribution in [2.75, 3.05) is 0 Å². The molecule has 1 aromatic heterocycles. The molecule has 1 rings (SSSR count). The lowest BCUT2D eigenvalue weighted by molar-refractivity contribution is 0.0950. The summed E-state index contributed by atoms with van der Waals surface area (Å²) in [5.74, 6) is -4.18. The highest BCUT2D eigenvalue weighted by atomic mass is 32.1. The molecule has 90 valence electrons. The first-order chi connectivity index (χ1) is 7.77. The third kappa shape index (κ3) is 2.08. The number of thiophene rings is 1. The minimum atomic E-state index is -1.09. The largest absolute Gasteiger partial charge is 0.366 e. The van der Waals surface area contributed by atoms with Gasteiger partial charge in [0.25, 0.3) is 23.6 Å². The van der Waals surface area contributed by atoms with Gasteiger partial charge >= 0.3 is 0 Å². The van der Waals surface area contributed by atoms with Crippen LogP contribution in [0.15, 0.2) is 0 Å². The third-order valence-electron chi connectivity index (χ3n) is 1.85. The van der Waals surface area contributed by atoms with E-state index in [0.717, 1.165) is 0 Å². The average Bonchev–Trinajstić information content (AvgIpc) is 2.56. The fourth-order valence-electron chi connectivity index (χ4n) is 1.25. The molecule has 1 aromatic rings. The van der Waals surface area contributed by atoms with Crippen molar-refractivity contribution in [2.24, 2.45) is 22.9 Å². The lowest BCUT2D eigenvalue weighted by atomic mass is 10.1. The first-order valence-corrected chi connectivity index (χ1v) is 4.95. The van der Waals surface area contributed by atoms with Crippen LogP contribution in [0.3, 0.4) is 0 Å². The number of hydrogen-bond donors (Lipinski definition) is 4. The van der Waals surface area contributed by atoms with Crippen LogP contribution < -0.4 is 22.9 Å². The summed E-state index contributed by atoms with van der Waals surface area (Å²) >= 11 is 0.508. The van der Waals surface area contributed by atoms with Gasteiger partial charge in [-0.15, -0.1) is 11.3 Å². The number of hydrogen-bond acceptors (Lipinski definition) is 5. The molecule has 0 fully saturated rings. The summed E-state index contributed by atoms with van der Waals surface area (Å²) in [6.45, 7) is 0. The van der Waals surface area contributed by atoms with Gasteiger partial charge in [-0.25, -0.2) is 0 Å². The minimum Gasteiger partial charge on any atom is -0.366 e. The van der Waals surface area contributed by atoms with Gasteiger partial charge in [-0.1, -0.05) is 0 Å².